The second kappa shape index (κ2) is 7.29. The number of carboxylic acid groups (broad SMARTS) is 1. The van der Waals surface area contributed by atoms with E-state index in [1.807, 2.05) is 0 Å². The van der Waals surface area contributed by atoms with Crippen LogP contribution in [0.15, 0.2) is 0 Å². The molecule has 1 heterocycles. The predicted octanol–water partition coefficient (Wildman–Crippen LogP) is 2.22. The molecule has 24 heavy (non-hydrogen) atoms. The van der Waals surface area contributed by atoms with Gasteiger partial charge in [-0.05, 0) is 31.6 Å². The average molecular weight is 350 g/mol. The van der Waals surface area contributed by atoms with Crippen LogP contribution in [0.4, 0.5) is 13.2 Å². The molecule has 2 fully saturated rings. The lowest BCUT2D eigenvalue weighted by atomic mass is 9.87. The van der Waals surface area contributed by atoms with Gasteiger partial charge < -0.3 is 10.0 Å². The summed E-state index contributed by atoms with van der Waals surface area (Å²) in [4.78, 5) is 26.4. The first-order chi connectivity index (χ1) is 11.1. The number of aliphatic carboxylic acids is 1. The number of nitrogens with zero attached hydrogens (tertiary/aromatic N) is 2. The van der Waals surface area contributed by atoms with Gasteiger partial charge in [-0.1, -0.05) is 6.92 Å². The molecule has 1 aliphatic heterocycles. The van der Waals surface area contributed by atoms with Gasteiger partial charge in [0.2, 0.25) is 5.91 Å². The summed E-state index contributed by atoms with van der Waals surface area (Å²) in [6.07, 6.45) is -0.655. The Morgan fingerprint density at radius 3 is 2.21 bits per heavy atom. The Morgan fingerprint density at radius 2 is 1.75 bits per heavy atom. The molecule has 0 radical (unpaired) electrons. The van der Waals surface area contributed by atoms with Crippen molar-refractivity contribution in [2.24, 2.45) is 17.8 Å². The molecular weight excluding hydrogens is 325 g/mol. The van der Waals surface area contributed by atoms with E-state index in [1.54, 1.807) is 11.9 Å². The average Bonchev–Trinajstić information content (AvgIpc) is 2.91. The number of rotatable bonds is 4. The molecule has 0 bridgehead atoms. The molecule has 0 unspecified atom stereocenters. The zero-order chi connectivity index (χ0) is 18.1. The molecule has 0 aromatic heterocycles. The maximum absolute atomic E-state index is 13.0. The Kier molecular flexibility index (Phi) is 5.78. The van der Waals surface area contributed by atoms with E-state index in [1.165, 1.54) is 4.90 Å². The fourth-order valence-corrected chi connectivity index (χ4v) is 3.73. The molecule has 2 atom stereocenters. The lowest BCUT2D eigenvalue weighted by Crippen LogP contribution is -2.44. The Morgan fingerprint density at radius 1 is 1.17 bits per heavy atom. The van der Waals surface area contributed by atoms with Crippen LogP contribution in [-0.2, 0) is 9.59 Å². The standard InChI is InChI=1S/C16H25F3N2O3/c1-10-3-5-11(6-4-10)20(2)14(22)9-21-7-12(15(23)24)13(8-21)16(17,18)19/h10-13H,3-9H2,1-2H3,(H,23,24)/t10?,11?,12-,13-/m1/s1. The highest BCUT2D eigenvalue weighted by molar-refractivity contribution is 5.78. The molecule has 1 N–H and O–H groups in total. The quantitative estimate of drug-likeness (QED) is 0.845. The van der Waals surface area contributed by atoms with Crippen LogP contribution in [0, 0.1) is 17.8 Å². The van der Waals surface area contributed by atoms with Gasteiger partial charge in [0.1, 0.15) is 0 Å². The van der Waals surface area contributed by atoms with Crippen molar-refractivity contribution in [3.63, 3.8) is 0 Å². The third-order valence-corrected chi connectivity index (χ3v) is 5.42. The van der Waals surface area contributed by atoms with Crippen LogP contribution in [0.25, 0.3) is 0 Å². The van der Waals surface area contributed by atoms with Gasteiger partial charge in [0.05, 0.1) is 18.4 Å². The molecule has 1 aliphatic carbocycles. The number of amides is 1. The second-order valence-corrected chi connectivity index (χ2v) is 7.21. The summed E-state index contributed by atoms with van der Waals surface area (Å²) in [7, 11) is 1.69. The van der Waals surface area contributed by atoms with Crippen molar-refractivity contribution in [3.8, 4) is 0 Å². The summed E-state index contributed by atoms with van der Waals surface area (Å²) in [6, 6.07) is 0.130. The summed E-state index contributed by atoms with van der Waals surface area (Å²) in [6.45, 7) is 1.35. The van der Waals surface area contributed by atoms with Crippen LogP contribution in [-0.4, -0.2) is 65.7 Å². The Bertz CT molecular complexity index is 476. The van der Waals surface area contributed by atoms with Crippen LogP contribution in [0.3, 0.4) is 0 Å². The highest BCUT2D eigenvalue weighted by atomic mass is 19.4. The van der Waals surface area contributed by atoms with E-state index < -0.39 is 30.5 Å². The molecule has 1 saturated carbocycles. The van der Waals surface area contributed by atoms with Gasteiger partial charge in [0, 0.05) is 26.2 Å². The number of hydrogen-bond acceptors (Lipinski definition) is 3. The summed E-state index contributed by atoms with van der Waals surface area (Å²) in [5.74, 6) is -4.46. The molecular formula is C16H25F3N2O3. The maximum atomic E-state index is 13.0. The van der Waals surface area contributed by atoms with E-state index in [0.717, 1.165) is 25.7 Å². The van der Waals surface area contributed by atoms with Gasteiger partial charge in [-0.2, -0.15) is 13.2 Å². The lowest BCUT2D eigenvalue weighted by molar-refractivity contribution is -0.188. The SMILES string of the molecule is CC1CCC(N(C)C(=O)CN2C[C@@H](C(F)(F)F)[C@H](C(=O)O)C2)CC1. The van der Waals surface area contributed by atoms with Crippen LogP contribution in [0.2, 0.25) is 0 Å². The van der Waals surface area contributed by atoms with Crippen molar-refractivity contribution in [3.05, 3.63) is 0 Å². The molecule has 8 heteroatoms. The molecule has 1 amide bonds. The van der Waals surface area contributed by atoms with Crippen molar-refractivity contribution < 1.29 is 27.9 Å². The Labute approximate surface area is 139 Å². The van der Waals surface area contributed by atoms with Crippen LogP contribution in [0.5, 0.6) is 0 Å². The topological polar surface area (TPSA) is 60.9 Å². The number of hydrogen-bond donors (Lipinski definition) is 1. The van der Waals surface area contributed by atoms with Gasteiger partial charge in [0.25, 0.3) is 0 Å². The van der Waals surface area contributed by atoms with Gasteiger partial charge in [-0.3, -0.25) is 14.5 Å². The van der Waals surface area contributed by atoms with Gasteiger partial charge in [-0.25, -0.2) is 0 Å². The fraction of sp³-hybridized carbons (Fsp3) is 0.875. The lowest BCUT2D eigenvalue weighted by Gasteiger charge is -2.34. The number of alkyl halides is 3. The predicted molar refractivity (Wildman–Crippen MR) is 81.3 cm³/mol. The minimum atomic E-state index is -4.56. The van der Waals surface area contributed by atoms with E-state index in [-0.39, 0.29) is 25.0 Å². The van der Waals surface area contributed by atoms with Crippen molar-refractivity contribution in [2.45, 2.75) is 44.8 Å². The van der Waals surface area contributed by atoms with E-state index in [9.17, 15) is 22.8 Å². The van der Waals surface area contributed by atoms with Crippen LogP contribution >= 0.6 is 0 Å². The second-order valence-electron chi connectivity index (χ2n) is 7.21. The van der Waals surface area contributed by atoms with Crippen molar-refractivity contribution in [2.75, 3.05) is 26.7 Å². The Hall–Kier alpha value is -1.31. The number of likely N-dealkylation sites (N-methyl/N-ethyl adjacent to an activating group) is 1. The zero-order valence-electron chi connectivity index (χ0n) is 14.1. The number of carbonyl (C=O) groups excluding carboxylic acids is 1. The number of halogens is 3. The minimum absolute atomic E-state index is 0.130. The smallest absolute Gasteiger partial charge is 0.393 e. The largest absolute Gasteiger partial charge is 0.481 e. The molecule has 5 nitrogen and oxygen atoms in total. The maximum Gasteiger partial charge on any atom is 0.393 e. The molecule has 138 valence electrons. The monoisotopic (exact) mass is 350 g/mol. The van der Waals surface area contributed by atoms with Crippen LogP contribution < -0.4 is 0 Å². The molecule has 2 rings (SSSR count). The summed E-state index contributed by atoms with van der Waals surface area (Å²) in [5.41, 5.74) is 0. The summed E-state index contributed by atoms with van der Waals surface area (Å²) in [5, 5.41) is 9.01. The Balaban J connectivity index is 1.93. The van der Waals surface area contributed by atoms with E-state index in [0.29, 0.717) is 5.92 Å². The van der Waals surface area contributed by atoms with Crippen molar-refractivity contribution in [1.29, 1.82) is 0 Å². The van der Waals surface area contributed by atoms with E-state index >= 15 is 0 Å². The first-order valence-corrected chi connectivity index (χ1v) is 8.37. The van der Waals surface area contributed by atoms with Crippen molar-refractivity contribution >= 4 is 11.9 Å². The molecule has 0 spiro atoms. The van der Waals surface area contributed by atoms with Gasteiger partial charge in [-0.15, -0.1) is 0 Å². The van der Waals surface area contributed by atoms with E-state index in [4.69, 9.17) is 5.11 Å². The fourth-order valence-electron chi connectivity index (χ4n) is 3.73. The summed E-state index contributed by atoms with van der Waals surface area (Å²) >= 11 is 0. The number of likely N-dealkylation sites (tertiary alicyclic amines) is 1. The molecule has 2 aliphatic rings. The third-order valence-electron chi connectivity index (χ3n) is 5.42. The van der Waals surface area contributed by atoms with Gasteiger partial charge in [0.15, 0.2) is 0 Å². The normalized spacial score (nSPS) is 31.9. The van der Waals surface area contributed by atoms with Gasteiger partial charge >= 0.3 is 12.1 Å². The highest BCUT2D eigenvalue weighted by Crippen LogP contribution is 2.37. The number of carboxylic acids is 1. The third kappa shape index (κ3) is 4.40. The number of carbonyl (C=O) groups is 2. The molecule has 1 saturated heterocycles. The zero-order valence-corrected chi connectivity index (χ0v) is 14.1. The summed E-state index contributed by atoms with van der Waals surface area (Å²) < 4.78 is 38.9. The first kappa shape index (κ1) is 19.0. The van der Waals surface area contributed by atoms with E-state index in [2.05, 4.69) is 6.92 Å². The molecule has 0 aromatic rings. The minimum Gasteiger partial charge on any atom is -0.481 e. The van der Waals surface area contributed by atoms with Crippen molar-refractivity contribution in [1.82, 2.24) is 9.80 Å². The molecule has 0 aromatic carbocycles. The first-order valence-electron chi connectivity index (χ1n) is 8.37. The highest BCUT2D eigenvalue weighted by Gasteiger charge is 2.52. The van der Waals surface area contributed by atoms with Crippen LogP contribution in [0.1, 0.15) is 32.6 Å².